The number of quaternary nitrogens is 1. The predicted molar refractivity (Wildman–Crippen MR) is 115 cm³/mol. The zero-order valence-electron chi connectivity index (χ0n) is 19.2. The molecule has 0 aliphatic heterocycles. The van der Waals surface area contributed by atoms with Gasteiger partial charge in [0.2, 0.25) is 5.78 Å². The van der Waals surface area contributed by atoms with Crippen LogP contribution in [-0.2, 0) is 11.3 Å². The molecule has 0 saturated heterocycles. The number of hydrogen-bond donors (Lipinski definition) is 2. The number of carbonyl (C=O) groups excluding carboxylic acids is 2. The van der Waals surface area contributed by atoms with Crippen molar-refractivity contribution in [2.45, 2.75) is 47.2 Å². The van der Waals surface area contributed by atoms with Crippen LogP contribution in [0, 0.1) is 20.8 Å². The van der Waals surface area contributed by atoms with Gasteiger partial charge >= 0.3 is 5.97 Å². The molecule has 0 saturated carbocycles. The largest absolute Gasteiger partial charge is 0.493 e. The molecule has 1 unspecified atom stereocenters. The highest BCUT2D eigenvalue weighted by Gasteiger charge is 2.30. The zero-order chi connectivity index (χ0) is 22.6. The molecule has 0 aliphatic rings. The third-order valence-electron chi connectivity index (χ3n) is 5.61. The first kappa shape index (κ1) is 23.5. The van der Waals surface area contributed by atoms with Crippen molar-refractivity contribution >= 4 is 11.8 Å². The summed E-state index contributed by atoms with van der Waals surface area (Å²) in [6.45, 7) is 10.2. The van der Waals surface area contributed by atoms with Gasteiger partial charge in [0.15, 0.2) is 17.5 Å². The van der Waals surface area contributed by atoms with Crippen LogP contribution in [0.15, 0.2) is 12.1 Å². The fourth-order valence-corrected chi connectivity index (χ4v) is 3.61. The summed E-state index contributed by atoms with van der Waals surface area (Å²) in [6.07, 6.45) is 0. The molecule has 1 aromatic heterocycles. The fraction of sp³-hybridized carbons (Fsp3) is 0.478. The van der Waals surface area contributed by atoms with E-state index in [1.807, 2.05) is 33.0 Å². The first-order chi connectivity index (χ1) is 14.2. The Labute approximate surface area is 178 Å². The highest BCUT2D eigenvalue weighted by Crippen LogP contribution is 2.30. The summed E-state index contributed by atoms with van der Waals surface area (Å²) in [6, 6.07) is 3.58. The number of aromatic nitrogens is 1. The summed E-state index contributed by atoms with van der Waals surface area (Å²) in [5.41, 5.74) is 4.35. The average Bonchev–Trinajstić information content (AvgIpc) is 3.01. The summed E-state index contributed by atoms with van der Waals surface area (Å²) in [5, 5.41) is 0. The second-order valence-corrected chi connectivity index (χ2v) is 7.59. The van der Waals surface area contributed by atoms with E-state index >= 15 is 0 Å². The van der Waals surface area contributed by atoms with Gasteiger partial charge in [0.05, 0.1) is 39.1 Å². The van der Waals surface area contributed by atoms with Gasteiger partial charge < -0.3 is 24.1 Å². The van der Waals surface area contributed by atoms with Crippen LogP contribution in [0.1, 0.15) is 57.1 Å². The van der Waals surface area contributed by atoms with Gasteiger partial charge in [0.25, 0.3) is 0 Å². The molecule has 0 amide bonds. The molecule has 2 aromatic rings. The highest BCUT2D eigenvalue weighted by atomic mass is 16.5. The van der Waals surface area contributed by atoms with Crippen molar-refractivity contribution in [3.05, 3.63) is 45.8 Å². The second kappa shape index (κ2) is 9.80. The summed E-state index contributed by atoms with van der Waals surface area (Å²) in [7, 11) is 5.20. The fourth-order valence-electron chi connectivity index (χ4n) is 3.61. The number of likely N-dealkylation sites (N-methyl/N-ethyl adjacent to an activating group) is 1. The van der Waals surface area contributed by atoms with Crippen LogP contribution in [0.3, 0.4) is 0 Å². The third-order valence-corrected chi connectivity index (χ3v) is 5.61. The SMILES string of the molecule is CCOC(=O)c1c(C)[nH]c(C(=O)[C@@H](C)[NH+](C)Cc2cc(OC)c(OC)cc2C)c1C. The Morgan fingerprint density at radius 2 is 1.70 bits per heavy atom. The van der Waals surface area contributed by atoms with Gasteiger partial charge in [0, 0.05) is 11.3 Å². The molecule has 30 heavy (non-hydrogen) atoms. The van der Waals surface area contributed by atoms with Gasteiger partial charge in [-0.25, -0.2) is 4.79 Å². The Balaban J connectivity index is 2.25. The average molecular weight is 418 g/mol. The lowest BCUT2D eigenvalue weighted by Gasteiger charge is -2.22. The number of esters is 1. The topological polar surface area (TPSA) is 82.1 Å². The molecule has 2 atom stereocenters. The van der Waals surface area contributed by atoms with Crippen molar-refractivity contribution in [2.75, 3.05) is 27.9 Å². The lowest BCUT2D eigenvalue weighted by atomic mass is 10.0. The maximum Gasteiger partial charge on any atom is 0.340 e. The smallest absolute Gasteiger partial charge is 0.340 e. The number of carbonyl (C=O) groups is 2. The third kappa shape index (κ3) is 4.67. The minimum atomic E-state index is -0.405. The minimum Gasteiger partial charge on any atom is -0.493 e. The molecule has 0 bridgehead atoms. The minimum absolute atomic E-state index is 0.0400. The molecule has 2 rings (SSSR count). The number of aryl methyl sites for hydroxylation is 2. The molecule has 0 fully saturated rings. The molecule has 1 heterocycles. The number of nitrogens with one attached hydrogen (secondary N) is 2. The molecular weight excluding hydrogens is 384 g/mol. The number of methoxy groups -OCH3 is 2. The van der Waals surface area contributed by atoms with E-state index in [4.69, 9.17) is 14.2 Å². The molecule has 0 radical (unpaired) electrons. The Morgan fingerprint density at radius 1 is 1.10 bits per heavy atom. The molecular formula is C23H33N2O5+. The normalized spacial score (nSPS) is 12.9. The number of Topliss-reactive ketones (excluding diaryl/α,β-unsaturated/α-hetero) is 1. The summed E-state index contributed by atoms with van der Waals surface area (Å²) >= 11 is 0. The number of hydrogen-bond acceptors (Lipinski definition) is 5. The first-order valence-corrected chi connectivity index (χ1v) is 10.1. The van der Waals surface area contributed by atoms with Crippen molar-refractivity contribution in [2.24, 2.45) is 0 Å². The van der Waals surface area contributed by atoms with Crippen LogP contribution in [0.5, 0.6) is 11.5 Å². The maximum absolute atomic E-state index is 13.2. The predicted octanol–water partition coefficient (Wildman–Crippen LogP) is 2.42. The molecule has 0 spiro atoms. The Bertz CT molecular complexity index is 932. The number of H-pyrrole nitrogens is 1. The number of ether oxygens (including phenoxy) is 3. The number of rotatable bonds is 9. The van der Waals surface area contributed by atoms with E-state index < -0.39 is 5.97 Å². The lowest BCUT2D eigenvalue weighted by molar-refractivity contribution is -0.907. The van der Waals surface area contributed by atoms with Crippen molar-refractivity contribution in [1.29, 1.82) is 0 Å². The van der Waals surface area contributed by atoms with Gasteiger partial charge in [-0.15, -0.1) is 0 Å². The van der Waals surface area contributed by atoms with E-state index in [1.165, 1.54) is 0 Å². The van der Waals surface area contributed by atoms with Crippen LogP contribution < -0.4 is 14.4 Å². The lowest BCUT2D eigenvalue weighted by Crippen LogP contribution is -3.12. The first-order valence-electron chi connectivity index (χ1n) is 10.1. The van der Waals surface area contributed by atoms with Crippen molar-refractivity contribution < 1.29 is 28.7 Å². The van der Waals surface area contributed by atoms with Crippen LogP contribution in [0.25, 0.3) is 0 Å². The van der Waals surface area contributed by atoms with E-state index in [0.29, 0.717) is 47.2 Å². The highest BCUT2D eigenvalue weighted by molar-refractivity contribution is 6.03. The van der Waals surface area contributed by atoms with Gasteiger partial charge in [-0.3, -0.25) is 4.79 Å². The number of aromatic amines is 1. The van der Waals surface area contributed by atoms with E-state index in [-0.39, 0.29) is 11.8 Å². The second-order valence-electron chi connectivity index (χ2n) is 7.59. The maximum atomic E-state index is 13.2. The van der Waals surface area contributed by atoms with Crippen molar-refractivity contribution in [3.8, 4) is 11.5 Å². The Hall–Kier alpha value is -2.80. The molecule has 1 aromatic carbocycles. The van der Waals surface area contributed by atoms with Gasteiger partial charge in [-0.2, -0.15) is 0 Å². The van der Waals surface area contributed by atoms with Crippen LogP contribution in [0.4, 0.5) is 0 Å². The van der Waals surface area contributed by atoms with E-state index in [1.54, 1.807) is 35.0 Å². The van der Waals surface area contributed by atoms with Crippen LogP contribution >= 0.6 is 0 Å². The van der Waals surface area contributed by atoms with E-state index in [9.17, 15) is 9.59 Å². The van der Waals surface area contributed by atoms with Gasteiger partial charge in [0.1, 0.15) is 6.54 Å². The van der Waals surface area contributed by atoms with E-state index in [2.05, 4.69) is 4.98 Å². The monoisotopic (exact) mass is 417 g/mol. The molecule has 2 N–H and O–H groups in total. The summed E-state index contributed by atoms with van der Waals surface area (Å²) < 4.78 is 15.9. The van der Waals surface area contributed by atoms with Crippen molar-refractivity contribution in [1.82, 2.24) is 4.98 Å². The van der Waals surface area contributed by atoms with Crippen LogP contribution in [-0.4, -0.2) is 50.7 Å². The Morgan fingerprint density at radius 3 is 2.27 bits per heavy atom. The standard InChI is InChI=1S/C23H32N2O5/c1-9-30-23(27)20-14(3)21(24-15(20)4)22(26)16(5)25(6)12-17-11-19(29-8)18(28-7)10-13(17)2/h10-11,16,24H,9,12H2,1-8H3/p+1/t16-/m1/s1. The zero-order valence-corrected chi connectivity index (χ0v) is 19.2. The quantitative estimate of drug-likeness (QED) is 0.484. The van der Waals surface area contributed by atoms with Crippen molar-refractivity contribution in [3.63, 3.8) is 0 Å². The van der Waals surface area contributed by atoms with E-state index in [0.717, 1.165) is 16.0 Å². The number of benzene rings is 1. The Kier molecular flexibility index (Phi) is 7.67. The molecule has 7 heteroatoms. The summed E-state index contributed by atoms with van der Waals surface area (Å²) in [4.78, 5) is 29.6. The molecule has 164 valence electrons. The van der Waals surface area contributed by atoms with Gasteiger partial charge in [-0.1, -0.05) is 0 Å². The van der Waals surface area contributed by atoms with Gasteiger partial charge in [-0.05, 0) is 57.9 Å². The number of ketones is 1. The summed E-state index contributed by atoms with van der Waals surface area (Å²) in [5.74, 6) is 0.906. The molecule has 0 aliphatic carbocycles. The van der Waals surface area contributed by atoms with Crippen LogP contribution in [0.2, 0.25) is 0 Å². The molecule has 7 nitrogen and oxygen atoms in total.